The van der Waals surface area contributed by atoms with Crippen LogP contribution in [0.3, 0.4) is 0 Å². The van der Waals surface area contributed by atoms with Gasteiger partial charge in [0, 0.05) is 0 Å². The number of hydrogen-bond acceptors (Lipinski definition) is 2. The van der Waals surface area contributed by atoms with Crippen molar-refractivity contribution in [3.63, 3.8) is 0 Å². The van der Waals surface area contributed by atoms with E-state index >= 15 is 0 Å². The summed E-state index contributed by atoms with van der Waals surface area (Å²) in [4.78, 5) is 11.5. The van der Waals surface area contributed by atoms with Gasteiger partial charge in [0.25, 0.3) is 0 Å². The van der Waals surface area contributed by atoms with Crippen LogP contribution in [0.15, 0.2) is 18.2 Å². The molecule has 0 aromatic heterocycles. The van der Waals surface area contributed by atoms with Crippen molar-refractivity contribution in [1.29, 1.82) is 0 Å². The van der Waals surface area contributed by atoms with Crippen LogP contribution in [0.4, 0.5) is 0 Å². The van der Waals surface area contributed by atoms with E-state index in [0.717, 1.165) is 18.0 Å². The van der Waals surface area contributed by atoms with Gasteiger partial charge in [0.05, 0.1) is 0 Å². The molecule has 1 atom stereocenters. The smallest absolute Gasteiger partial charge is 0.239 e. The molecule has 2 rings (SSSR count). The van der Waals surface area contributed by atoms with E-state index in [1.165, 1.54) is 24.0 Å². The van der Waals surface area contributed by atoms with Crippen molar-refractivity contribution >= 4 is 5.91 Å². The van der Waals surface area contributed by atoms with Crippen LogP contribution in [0, 0.1) is 19.8 Å². The van der Waals surface area contributed by atoms with E-state index in [2.05, 4.69) is 11.4 Å². The Morgan fingerprint density at radius 2 is 1.94 bits per heavy atom. The molecule has 1 aliphatic rings. The Hall–Kier alpha value is -1.35. The Labute approximate surface area is 102 Å². The highest BCUT2D eigenvalue weighted by Gasteiger charge is 2.24. The van der Waals surface area contributed by atoms with E-state index in [1.54, 1.807) is 0 Å². The third kappa shape index (κ3) is 3.30. The molecule has 0 radical (unpaired) electrons. The quantitative estimate of drug-likeness (QED) is 0.813. The molecule has 1 aliphatic carbocycles. The highest BCUT2D eigenvalue weighted by molar-refractivity contribution is 5.81. The summed E-state index contributed by atoms with van der Waals surface area (Å²) < 4.78 is 0. The summed E-state index contributed by atoms with van der Waals surface area (Å²) in [5, 5.41) is 3.28. The average molecular weight is 232 g/mol. The first-order valence-electron chi connectivity index (χ1n) is 6.17. The number of nitrogens with one attached hydrogen (secondary N) is 1. The van der Waals surface area contributed by atoms with Crippen LogP contribution in [0.25, 0.3) is 0 Å². The normalized spacial score (nSPS) is 16.8. The Morgan fingerprint density at radius 3 is 2.41 bits per heavy atom. The number of rotatable bonds is 5. The fourth-order valence-electron chi connectivity index (χ4n) is 2.17. The number of carbonyl (C=O) groups is 1. The number of nitrogens with two attached hydrogens (primary N) is 1. The monoisotopic (exact) mass is 232 g/mol. The number of hydrogen-bond donors (Lipinski definition) is 2. The van der Waals surface area contributed by atoms with Crippen LogP contribution in [-0.2, 0) is 4.79 Å². The van der Waals surface area contributed by atoms with Gasteiger partial charge >= 0.3 is 0 Å². The van der Waals surface area contributed by atoms with Crippen molar-refractivity contribution in [2.75, 3.05) is 6.54 Å². The van der Waals surface area contributed by atoms with Crippen molar-refractivity contribution in [3.8, 4) is 0 Å². The second-order valence-electron chi connectivity index (χ2n) is 5.11. The van der Waals surface area contributed by atoms with E-state index in [4.69, 9.17) is 5.73 Å². The van der Waals surface area contributed by atoms with Gasteiger partial charge in [-0.2, -0.15) is 0 Å². The van der Waals surface area contributed by atoms with Crippen molar-refractivity contribution < 1.29 is 4.79 Å². The summed E-state index contributed by atoms with van der Waals surface area (Å²) in [6.45, 7) is 4.96. The molecular weight excluding hydrogens is 212 g/mol. The van der Waals surface area contributed by atoms with Crippen molar-refractivity contribution in [3.05, 3.63) is 34.9 Å². The molecule has 92 valence electrons. The third-order valence-electron chi connectivity index (χ3n) is 3.17. The summed E-state index contributed by atoms with van der Waals surface area (Å²) in [7, 11) is 0. The van der Waals surface area contributed by atoms with Gasteiger partial charge in [-0.25, -0.2) is 0 Å². The molecule has 0 bridgehead atoms. The zero-order valence-corrected chi connectivity index (χ0v) is 10.5. The second-order valence-corrected chi connectivity index (χ2v) is 5.11. The lowest BCUT2D eigenvalue weighted by Crippen LogP contribution is -2.34. The maximum atomic E-state index is 11.5. The van der Waals surface area contributed by atoms with E-state index < -0.39 is 0 Å². The van der Waals surface area contributed by atoms with E-state index in [9.17, 15) is 4.79 Å². The summed E-state index contributed by atoms with van der Waals surface area (Å²) in [5.74, 6) is 0.443. The number of carbonyl (C=O) groups excluding carboxylic acids is 1. The first-order valence-corrected chi connectivity index (χ1v) is 6.17. The third-order valence-corrected chi connectivity index (χ3v) is 3.17. The molecule has 1 aromatic rings. The molecule has 1 unspecified atom stereocenters. The number of amides is 1. The van der Waals surface area contributed by atoms with Crippen LogP contribution < -0.4 is 11.1 Å². The highest BCUT2D eigenvalue weighted by atomic mass is 16.1. The van der Waals surface area contributed by atoms with Crippen LogP contribution in [0.2, 0.25) is 0 Å². The Kier molecular flexibility index (Phi) is 3.48. The fourth-order valence-corrected chi connectivity index (χ4v) is 2.17. The lowest BCUT2D eigenvalue weighted by molar-refractivity contribution is -0.120. The summed E-state index contributed by atoms with van der Waals surface area (Å²) in [6, 6.07) is 5.81. The van der Waals surface area contributed by atoms with Crippen molar-refractivity contribution in [1.82, 2.24) is 5.32 Å². The molecule has 0 saturated heterocycles. The van der Waals surface area contributed by atoms with E-state index in [1.807, 2.05) is 26.0 Å². The van der Waals surface area contributed by atoms with Crippen LogP contribution in [-0.4, -0.2) is 12.5 Å². The van der Waals surface area contributed by atoms with Crippen LogP contribution >= 0.6 is 0 Å². The molecule has 0 aliphatic heterocycles. The molecular formula is C14H20N2O. The molecule has 1 fully saturated rings. The number of benzene rings is 1. The average Bonchev–Trinajstić information content (AvgIpc) is 2.99. The van der Waals surface area contributed by atoms with E-state index in [0.29, 0.717) is 0 Å². The molecule has 3 nitrogen and oxygen atoms in total. The minimum atomic E-state index is -0.353. The molecule has 1 saturated carbocycles. The molecule has 1 amide bonds. The second kappa shape index (κ2) is 4.88. The molecule has 3 N–H and O–H groups in total. The summed E-state index contributed by atoms with van der Waals surface area (Å²) in [6.07, 6.45) is 2.54. The van der Waals surface area contributed by atoms with Gasteiger partial charge in [0.2, 0.25) is 5.91 Å². The van der Waals surface area contributed by atoms with Gasteiger partial charge in [0.1, 0.15) is 6.04 Å². The van der Waals surface area contributed by atoms with Gasteiger partial charge in [-0.1, -0.05) is 29.3 Å². The maximum Gasteiger partial charge on any atom is 0.239 e. The minimum absolute atomic E-state index is 0.296. The highest BCUT2D eigenvalue weighted by Crippen LogP contribution is 2.28. The predicted octanol–water partition coefficient (Wildman–Crippen LogP) is 1.83. The molecule has 1 aromatic carbocycles. The zero-order valence-electron chi connectivity index (χ0n) is 10.5. The fraction of sp³-hybridized carbons (Fsp3) is 0.500. The van der Waals surface area contributed by atoms with Gasteiger partial charge in [-0.15, -0.1) is 0 Å². The minimum Gasteiger partial charge on any atom is -0.368 e. The Bertz CT molecular complexity index is 404. The first kappa shape index (κ1) is 12.1. The predicted molar refractivity (Wildman–Crippen MR) is 68.6 cm³/mol. The first-order chi connectivity index (χ1) is 8.06. The molecule has 0 spiro atoms. The Balaban J connectivity index is 2.14. The van der Waals surface area contributed by atoms with Gasteiger partial charge in [0.15, 0.2) is 0 Å². The largest absolute Gasteiger partial charge is 0.368 e. The molecule has 3 heteroatoms. The van der Waals surface area contributed by atoms with Gasteiger partial charge < -0.3 is 11.1 Å². The standard InChI is InChI=1S/C14H20N2O/c1-9-5-10(2)7-12(6-9)13(14(15)17)16-8-11-3-4-11/h5-7,11,13,16H,3-4,8H2,1-2H3,(H2,15,17). The van der Waals surface area contributed by atoms with Gasteiger partial charge in [-0.05, 0) is 44.7 Å². The number of primary amides is 1. The molecule has 0 heterocycles. The maximum absolute atomic E-state index is 11.5. The van der Waals surface area contributed by atoms with Crippen molar-refractivity contribution in [2.24, 2.45) is 11.7 Å². The SMILES string of the molecule is Cc1cc(C)cc(C(NCC2CC2)C(N)=O)c1. The Morgan fingerprint density at radius 1 is 1.35 bits per heavy atom. The topological polar surface area (TPSA) is 55.1 Å². The van der Waals surface area contributed by atoms with Crippen LogP contribution in [0.1, 0.15) is 35.6 Å². The van der Waals surface area contributed by atoms with Crippen molar-refractivity contribution in [2.45, 2.75) is 32.7 Å². The lowest BCUT2D eigenvalue weighted by Gasteiger charge is -2.17. The van der Waals surface area contributed by atoms with Crippen LogP contribution in [0.5, 0.6) is 0 Å². The zero-order chi connectivity index (χ0) is 12.4. The summed E-state index contributed by atoms with van der Waals surface area (Å²) in [5.41, 5.74) is 8.79. The molecule has 17 heavy (non-hydrogen) atoms. The summed E-state index contributed by atoms with van der Waals surface area (Å²) >= 11 is 0. The van der Waals surface area contributed by atoms with Gasteiger partial charge in [-0.3, -0.25) is 4.79 Å². The number of aryl methyl sites for hydroxylation is 2. The van der Waals surface area contributed by atoms with E-state index in [-0.39, 0.29) is 11.9 Å². The lowest BCUT2D eigenvalue weighted by atomic mass is 10.0.